The molecule has 0 N–H and O–H groups in total. The first kappa shape index (κ1) is 13.9. The van der Waals surface area contributed by atoms with Gasteiger partial charge in [0.25, 0.3) is 0 Å². The third-order valence-corrected chi connectivity index (χ3v) is 4.53. The molecular weight excluding hydrogens is 220 g/mol. The van der Waals surface area contributed by atoms with E-state index in [0.29, 0.717) is 0 Å². The van der Waals surface area contributed by atoms with Crippen LogP contribution in [-0.4, -0.2) is 23.3 Å². The Labute approximate surface area is 113 Å². The van der Waals surface area contributed by atoms with Crippen LogP contribution in [0.1, 0.15) is 84.0 Å². The summed E-state index contributed by atoms with van der Waals surface area (Å²) in [6.45, 7) is 2.23. The minimum absolute atomic E-state index is 0.745. The normalized spacial score (nSPS) is 23.6. The van der Waals surface area contributed by atoms with Crippen molar-refractivity contribution in [2.24, 2.45) is 5.10 Å². The quantitative estimate of drug-likeness (QED) is 0.508. The zero-order chi connectivity index (χ0) is 12.6. The predicted octanol–water partition coefficient (Wildman–Crippen LogP) is 4.74. The van der Waals surface area contributed by atoms with Gasteiger partial charge in [0.1, 0.15) is 0 Å². The topological polar surface area (TPSA) is 15.6 Å². The van der Waals surface area contributed by atoms with Crippen LogP contribution in [0, 0.1) is 0 Å². The molecule has 0 bridgehead atoms. The Morgan fingerprint density at radius 3 is 1.83 bits per heavy atom. The summed E-state index contributed by atoms with van der Waals surface area (Å²) in [5, 5.41) is 7.39. The van der Waals surface area contributed by atoms with Gasteiger partial charge in [0.15, 0.2) is 0 Å². The highest BCUT2D eigenvalue weighted by Gasteiger charge is 2.27. The zero-order valence-electron chi connectivity index (χ0n) is 12.1. The van der Waals surface area contributed by atoms with Crippen LogP contribution >= 0.6 is 0 Å². The fourth-order valence-corrected chi connectivity index (χ4v) is 3.46. The molecule has 104 valence electrons. The van der Waals surface area contributed by atoms with E-state index in [4.69, 9.17) is 5.10 Å². The summed E-state index contributed by atoms with van der Waals surface area (Å²) in [5.41, 5.74) is 0. The van der Waals surface area contributed by atoms with Crippen molar-refractivity contribution >= 4 is 6.21 Å². The molecule has 2 fully saturated rings. The molecule has 0 amide bonds. The number of rotatable bonds is 5. The van der Waals surface area contributed by atoms with Gasteiger partial charge in [-0.2, -0.15) is 5.10 Å². The lowest BCUT2D eigenvalue weighted by molar-refractivity contribution is 0.0852. The van der Waals surface area contributed by atoms with Crippen molar-refractivity contribution in [3.05, 3.63) is 0 Å². The van der Waals surface area contributed by atoms with Gasteiger partial charge >= 0.3 is 0 Å². The van der Waals surface area contributed by atoms with Gasteiger partial charge in [0, 0.05) is 18.3 Å². The monoisotopic (exact) mass is 250 g/mol. The van der Waals surface area contributed by atoms with Gasteiger partial charge in [-0.05, 0) is 32.1 Å². The van der Waals surface area contributed by atoms with E-state index in [1.807, 2.05) is 0 Å². The van der Waals surface area contributed by atoms with Crippen molar-refractivity contribution in [3.63, 3.8) is 0 Å². The molecule has 0 aromatic heterocycles. The molecule has 0 atom stereocenters. The molecule has 2 aliphatic rings. The molecule has 2 saturated carbocycles. The molecule has 2 heteroatoms. The largest absolute Gasteiger partial charge is 0.291 e. The minimum atomic E-state index is 0.745. The fourth-order valence-electron chi connectivity index (χ4n) is 3.46. The van der Waals surface area contributed by atoms with Crippen molar-refractivity contribution in [2.75, 3.05) is 0 Å². The third-order valence-electron chi connectivity index (χ3n) is 4.53. The van der Waals surface area contributed by atoms with Crippen molar-refractivity contribution < 1.29 is 0 Å². The summed E-state index contributed by atoms with van der Waals surface area (Å²) >= 11 is 0. The van der Waals surface area contributed by atoms with Crippen LogP contribution in [0.3, 0.4) is 0 Å². The lowest BCUT2D eigenvalue weighted by Crippen LogP contribution is -2.41. The van der Waals surface area contributed by atoms with Gasteiger partial charge in [-0.3, -0.25) is 5.01 Å². The Morgan fingerprint density at radius 1 is 0.889 bits per heavy atom. The van der Waals surface area contributed by atoms with Crippen molar-refractivity contribution in [1.29, 1.82) is 0 Å². The van der Waals surface area contributed by atoms with Gasteiger partial charge in [-0.1, -0.05) is 51.9 Å². The molecule has 0 radical (unpaired) electrons. The van der Waals surface area contributed by atoms with E-state index in [0.717, 1.165) is 18.5 Å². The second kappa shape index (κ2) is 7.81. The molecule has 2 aliphatic carbocycles. The van der Waals surface area contributed by atoms with E-state index >= 15 is 0 Å². The summed E-state index contributed by atoms with van der Waals surface area (Å²) in [7, 11) is 0. The van der Waals surface area contributed by atoms with E-state index in [2.05, 4.69) is 18.1 Å². The molecule has 0 aromatic carbocycles. The van der Waals surface area contributed by atoms with Crippen molar-refractivity contribution in [2.45, 2.75) is 96.1 Å². The Balaban J connectivity index is 1.95. The summed E-state index contributed by atoms with van der Waals surface area (Å²) in [6, 6.07) is 1.49. The molecule has 18 heavy (non-hydrogen) atoms. The first-order chi connectivity index (χ1) is 8.92. The number of hydrogen-bond acceptors (Lipinski definition) is 2. The van der Waals surface area contributed by atoms with Crippen LogP contribution in [-0.2, 0) is 0 Å². The fraction of sp³-hybridized carbons (Fsp3) is 0.938. The highest BCUT2D eigenvalue weighted by molar-refractivity contribution is 5.56. The van der Waals surface area contributed by atoms with Crippen molar-refractivity contribution in [1.82, 2.24) is 5.01 Å². The lowest BCUT2D eigenvalue weighted by atomic mass is 9.90. The van der Waals surface area contributed by atoms with Crippen LogP contribution in [0.25, 0.3) is 0 Å². The predicted molar refractivity (Wildman–Crippen MR) is 79.0 cm³/mol. The zero-order valence-corrected chi connectivity index (χ0v) is 12.1. The molecule has 0 saturated heterocycles. The Kier molecular flexibility index (Phi) is 6.02. The maximum atomic E-state index is 4.87. The Hall–Kier alpha value is -0.530. The standard InChI is InChI=1S/C16H30N2/c1-2-3-14-17-18(15-10-6-4-7-11-15)16-12-8-5-9-13-16/h14-16H,2-13H2,1H3/b17-14+. The SMILES string of the molecule is CCC/C=N/N(C1CCCCC1)C1CCCCC1. The highest BCUT2D eigenvalue weighted by atomic mass is 15.5. The van der Waals surface area contributed by atoms with Crippen LogP contribution in [0.4, 0.5) is 0 Å². The van der Waals surface area contributed by atoms with E-state index in [9.17, 15) is 0 Å². The number of hydrazone groups is 1. The average Bonchev–Trinajstić information content (AvgIpc) is 2.46. The molecule has 0 unspecified atom stereocenters. The second-order valence-electron chi connectivity index (χ2n) is 6.05. The van der Waals surface area contributed by atoms with Gasteiger partial charge in [-0.25, -0.2) is 0 Å². The first-order valence-electron chi connectivity index (χ1n) is 8.22. The van der Waals surface area contributed by atoms with Gasteiger partial charge in [-0.15, -0.1) is 0 Å². The average molecular weight is 250 g/mol. The molecule has 2 rings (SSSR count). The summed E-state index contributed by atoms with van der Waals surface area (Å²) < 4.78 is 0. The first-order valence-corrected chi connectivity index (χ1v) is 8.22. The number of hydrogen-bond donors (Lipinski definition) is 0. The molecule has 0 heterocycles. The summed E-state index contributed by atoms with van der Waals surface area (Å²) in [4.78, 5) is 0. The van der Waals surface area contributed by atoms with Gasteiger partial charge in [0.2, 0.25) is 0 Å². The van der Waals surface area contributed by atoms with Crippen LogP contribution in [0.2, 0.25) is 0 Å². The van der Waals surface area contributed by atoms with E-state index < -0.39 is 0 Å². The minimum Gasteiger partial charge on any atom is -0.291 e. The number of nitrogens with zero attached hydrogens (tertiary/aromatic N) is 2. The smallest absolute Gasteiger partial charge is 0.0473 e. The maximum absolute atomic E-state index is 4.87. The Morgan fingerprint density at radius 2 is 1.39 bits per heavy atom. The van der Waals surface area contributed by atoms with Crippen LogP contribution in [0.15, 0.2) is 5.10 Å². The van der Waals surface area contributed by atoms with Crippen LogP contribution < -0.4 is 0 Å². The third kappa shape index (κ3) is 4.00. The molecule has 0 spiro atoms. The summed E-state index contributed by atoms with van der Waals surface area (Å²) in [5.74, 6) is 0. The second-order valence-corrected chi connectivity index (χ2v) is 6.05. The van der Waals surface area contributed by atoms with Crippen molar-refractivity contribution in [3.8, 4) is 0 Å². The van der Waals surface area contributed by atoms with Gasteiger partial charge < -0.3 is 0 Å². The number of unbranched alkanes of at least 4 members (excludes halogenated alkanes) is 1. The lowest BCUT2D eigenvalue weighted by Gasteiger charge is -2.39. The maximum Gasteiger partial charge on any atom is 0.0473 e. The van der Waals surface area contributed by atoms with E-state index in [-0.39, 0.29) is 0 Å². The van der Waals surface area contributed by atoms with E-state index in [1.54, 1.807) is 0 Å². The Bertz CT molecular complexity index is 219. The molecular formula is C16H30N2. The van der Waals surface area contributed by atoms with Gasteiger partial charge in [0.05, 0.1) is 0 Å². The molecule has 0 aromatic rings. The van der Waals surface area contributed by atoms with E-state index in [1.165, 1.54) is 70.6 Å². The highest BCUT2D eigenvalue weighted by Crippen LogP contribution is 2.30. The van der Waals surface area contributed by atoms with Crippen LogP contribution in [0.5, 0.6) is 0 Å². The molecule has 2 nitrogen and oxygen atoms in total. The molecule has 0 aliphatic heterocycles. The summed E-state index contributed by atoms with van der Waals surface area (Å²) in [6.07, 6.45) is 18.6.